The van der Waals surface area contributed by atoms with Crippen LogP contribution in [-0.4, -0.2) is 48.2 Å². The van der Waals surface area contributed by atoms with Crippen LogP contribution in [0, 0.1) is 0 Å². The van der Waals surface area contributed by atoms with Crippen LogP contribution in [0.4, 0.5) is 0 Å². The van der Waals surface area contributed by atoms with Gasteiger partial charge in [-0.25, -0.2) is 0 Å². The van der Waals surface area contributed by atoms with Crippen molar-refractivity contribution in [1.29, 1.82) is 0 Å². The Labute approximate surface area is 119 Å². The van der Waals surface area contributed by atoms with Crippen LogP contribution >= 0.6 is 0 Å². The summed E-state index contributed by atoms with van der Waals surface area (Å²) in [6.45, 7) is 1.79. The lowest BCUT2D eigenvalue weighted by atomic mass is 9.88. The van der Waals surface area contributed by atoms with Crippen molar-refractivity contribution in [2.45, 2.75) is 18.4 Å². The van der Waals surface area contributed by atoms with Gasteiger partial charge in [-0.3, -0.25) is 4.79 Å². The lowest BCUT2D eigenvalue weighted by Gasteiger charge is -2.40. The zero-order valence-corrected chi connectivity index (χ0v) is 11.7. The number of carbonyl (C=O) groups is 1. The summed E-state index contributed by atoms with van der Waals surface area (Å²) < 4.78 is 0. The first-order valence-corrected chi connectivity index (χ1v) is 7.07. The molecule has 0 aromatic carbocycles. The fraction of sp³-hybridized carbons (Fsp3) is 0.438. The lowest BCUT2D eigenvalue weighted by molar-refractivity contribution is -0.120. The van der Waals surface area contributed by atoms with Crippen molar-refractivity contribution in [3.63, 3.8) is 0 Å². The number of hydrogen-bond donors (Lipinski definition) is 2. The van der Waals surface area contributed by atoms with Crippen LogP contribution in [-0.2, 0) is 4.79 Å². The number of aliphatic hydroxyl groups is 1. The van der Waals surface area contributed by atoms with E-state index in [1.807, 2.05) is 30.4 Å². The number of amides is 1. The number of piperidine rings is 1. The number of hydrogen-bond acceptors (Lipinski definition) is 3. The number of nitrogens with one attached hydrogen (secondary N) is 1. The molecule has 1 fully saturated rings. The minimum absolute atomic E-state index is 0.00254. The first-order valence-electron chi connectivity index (χ1n) is 7.07. The molecule has 0 unspecified atom stereocenters. The van der Waals surface area contributed by atoms with E-state index in [0.29, 0.717) is 5.57 Å². The Bertz CT molecular complexity index is 547. The predicted octanol–water partition coefficient (Wildman–Crippen LogP) is 0.922. The molecule has 2 N–H and O–H groups in total. The summed E-state index contributed by atoms with van der Waals surface area (Å²) in [4.78, 5) is 14.7. The van der Waals surface area contributed by atoms with Crippen molar-refractivity contribution in [3.8, 4) is 0 Å². The Hall–Kier alpha value is -1.65. The highest BCUT2D eigenvalue weighted by molar-refractivity contribution is 6.01. The van der Waals surface area contributed by atoms with Gasteiger partial charge in [0.2, 0.25) is 0 Å². The molecule has 0 bridgehead atoms. The maximum atomic E-state index is 12.5. The molecule has 1 saturated heterocycles. The van der Waals surface area contributed by atoms with Gasteiger partial charge in [-0.05, 0) is 37.1 Å². The highest BCUT2D eigenvalue weighted by Crippen LogP contribution is 2.31. The van der Waals surface area contributed by atoms with E-state index in [-0.39, 0.29) is 12.5 Å². The third-order valence-electron chi connectivity index (χ3n) is 4.44. The minimum Gasteiger partial charge on any atom is -0.394 e. The zero-order valence-electron chi connectivity index (χ0n) is 11.7. The van der Waals surface area contributed by atoms with E-state index in [1.54, 1.807) is 0 Å². The quantitative estimate of drug-likeness (QED) is 0.803. The van der Waals surface area contributed by atoms with E-state index in [4.69, 9.17) is 0 Å². The van der Waals surface area contributed by atoms with Crippen LogP contribution in [0.15, 0.2) is 47.1 Å². The molecule has 1 aliphatic heterocycles. The third-order valence-corrected chi connectivity index (χ3v) is 4.44. The summed E-state index contributed by atoms with van der Waals surface area (Å²) in [5.41, 5.74) is 2.32. The molecule has 0 spiro atoms. The van der Waals surface area contributed by atoms with E-state index in [0.717, 1.165) is 37.1 Å². The largest absolute Gasteiger partial charge is 0.394 e. The minimum atomic E-state index is -0.472. The van der Waals surface area contributed by atoms with E-state index in [1.165, 1.54) is 0 Å². The normalized spacial score (nSPS) is 24.0. The van der Waals surface area contributed by atoms with Gasteiger partial charge in [-0.2, -0.15) is 0 Å². The van der Waals surface area contributed by atoms with Crippen molar-refractivity contribution in [2.24, 2.45) is 0 Å². The van der Waals surface area contributed by atoms with Gasteiger partial charge < -0.3 is 15.3 Å². The van der Waals surface area contributed by atoms with Gasteiger partial charge in [-0.15, -0.1) is 0 Å². The second-order valence-electron chi connectivity index (χ2n) is 5.84. The molecule has 4 nitrogen and oxygen atoms in total. The maximum Gasteiger partial charge on any atom is 0.252 e. The molecule has 0 atom stereocenters. The molecular weight excluding hydrogens is 252 g/mol. The van der Waals surface area contributed by atoms with Crippen molar-refractivity contribution in [1.82, 2.24) is 10.2 Å². The fourth-order valence-electron chi connectivity index (χ4n) is 2.96. The fourth-order valence-corrected chi connectivity index (χ4v) is 2.96. The number of rotatable bonds is 3. The summed E-state index contributed by atoms with van der Waals surface area (Å²) in [6.07, 6.45) is 11.3. The van der Waals surface area contributed by atoms with Crippen LogP contribution in [0.5, 0.6) is 0 Å². The molecule has 0 radical (unpaired) electrons. The van der Waals surface area contributed by atoms with Crippen molar-refractivity contribution < 1.29 is 9.90 Å². The molecule has 3 rings (SSSR count). The van der Waals surface area contributed by atoms with E-state index in [9.17, 15) is 9.90 Å². The second-order valence-corrected chi connectivity index (χ2v) is 5.84. The molecule has 106 valence electrons. The van der Waals surface area contributed by atoms with E-state index < -0.39 is 5.54 Å². The number of nitrogens with zero attached hydrogens (tertiary/aromatic N) is 1. The average molecular weight is 272 g/mol. The monoisotopic (exact) mass is 272 g/mol. The van der Waals surface area contributed by atoms with Crippen molar-refractivity contribution in [3.05, 3.63) is 47.1 Å². The highest BCUT2D eigenvalue weighted by Gasteiger charge is 2.35. The summed E-state index contributed by atoms with van der Waals surface area (Å²) in [5, 5.41) is 12.8. The molecule has 4 heteroatoms. The Morgan fingerprint density at radius 1 is 1.35 bits per heavy atom. The Morgan fingerprint density at radius 2 is 2.10 bits per heavy atom. The first-order chi connectivity index (χ1) is 9.63. The van der Waals surface area contributed by atoms with Crippen molar-refractivity contribution >= 4 is 5.91 Å². The summed E-state index contributed by atoms with van der Waals surface area (Å²) in [6, 6.07) is 0. The number of aliphatic hydroxyl groups excluding tert-OH is 1. The Morgan fingerprint density at radius 3 is 2.80 bits per heavy atom. The molecule has 0 aromatic heterocycles. The molecule has 20 heavy (non-hydrogen) atoms. The Balaban J connectivity index is 1.76. The smallest absolute Gasteiger partial charge is 0.252 e. The standard InChI is InChI=1S/C16H20N2O2/c1-18-9-7-16(11-19,8-10-18)17-15(20)14-6-5-12-3-2-4-13(12)14/h2-6,19H,7-11H2,1H3,(H,17,20). The molecular formula is C16H20N2O2. The van der Waals surface area contributed by atoms with Gasteiger partial charge in [0.05, 0.1) is 12.1 Å². The molecule has 1 heterocycles. The van der Waals surface area contributed by atoms with Crippen LogP contribution in [0.1, 0.15) is 12.8 Å². The van der Waals surface area contributed by atoms with E-state index in [2.05, 4.69) is 17.3 Å². The van der Waals surface area contributed by atoms with Crippen LogP contribution in [0.25, 0.3) is 0 Å². The lowest BCUT2D eigenvalue weighted by Crippen LogP contribution is -2.57. The van der Waals surface area contributed by atoms with Gasteiger partial charge in [0.25, 0.3) is 5.91 Å². The van der Waals surface area contributed by atoms with Gasteiger partial charge in [0, 0.05) is 18.7 Å². The Kier molecular flexibility index (Phi) is 3.36. The number of carbonyl (C=O) groups excluding carboxylic acids is 1. The summed E-state index contributed by atoms with van der Waals surface area (Å²) in [7, 11) is 2.06. The molecule has 2 aliphatic carbocycles. The van der Waals surface area contributed by atoms with Crippen LogP contribution in [0.2, 0.25) is 0 Å². The first kappa shape index (κ1) is 13.3. The van der Waals surface area contributed by atoms with Crippen LogP contribution < -0.4 is 5.32 Å². The molecule has 3 aliphatic rings. The van der Waals surface area contributed by atoms with Gasteiger partial charge in [0.1, 0.15) is 0 Å². The molecule has 0 aromatic rings. The molecule has 1 amide bonds. The average Bonchev–Trinajstić information content (AvgIpc) is 3.04. The van der Waals surface area contributed by atoms with Crippen LogP contribution in [0.3, 0.4) is 0 Å². The maximum absolute atomic E-state index is 12.5. The third kappa shape index (κ3) is 2.25. The number of fused-ring (bicyclic) bond motifs is 1. The number of allylic oxidation sites excluding steroid dienone is 6. The second kappa shape index (κ2) is 5.04. The SMILES string of the molecule is CN1CCC(CO)(NC(=O)C2=C3C=CC=C3C=C2)CC1. The predicted molar refractivity (Wildman–Crippen MR) is 78.1 cm³/mol. The summed E-state index contributed by atoms with van der Waals surface area (Å²) >= 11 is 0. The zero-order chi connectivity index (χ0) is 14.2. The highest BCUT2D eigenvalue weighted by atomic mass is 16.3. The van der Waals surface area contributed by atoms with Gasteiger partial charge in [-0.1, -0.05) is 24.3 Å². The molecule has 0 saturated carbocycles. The van der Waals surface area contributed by atoms with Crippen molar-refractivity contribution in [2.75, 3.05) is 26.7 Å². The van der Waals surface area contributed by atoms with Gasteiger partial charge >= 0.3 is 0 Å². The van der Waals surface area contributed by atoms with Gasteiger partial charge in [0.15, 0.2) is 0 Å². The van der Waals surface area contributed by atoms with E-state index >= 15 is 0 Å². The summed E-state index contributed by atoms with van der Waals surface area (Å²) in [5.74, 6) is -0.0789. The topological polar surface area (TPSA) is 52.6 Å². The number of likely N-dealkylation sites (tertiary alicyclic amines) is 1.